The summed E-state index contributed by atoms with van der Waals surface area (Å²) in [5.74, 6) is 0.460. The van der Waals surface area contributed by atoms with Crippen LogP contribution in [0.5, 0.6) is 0 Å². The van der Waals surface area contributed by atoms with E-state index in [1.165, 1.54) is 23.9 Å². The van der Waals surface area contributed by atoms with Crippen LogP contribution < -0.4 is 10.6 Å². The van der Waals surface area contributed by atoms with Crippen molar-refractivity contribution in [3.8, 4) is 0 Å². The van der Waals surface area contributed by atoms with Gasteiger partial charge in [-0.2, -0.15) is 0 Å². The maximum Gasteiger partial charge on any atom is 0.287 e. The van der Waals surface area contributed by atoms with Gasteiger partial charge >= 0.3 is 0 Å². The van der Waals surface area contributed by atoms with E-state index in [0.29, 0.717) is 17.5 Å². The summed E-state index contributed by atoms with van der Waals surface area (Å²) in [6.45, 7) is 2.63. The summed E-state index contributed by atoms with van der Waals surface area (Å²) in [4.78, 5) is 14.0. The first-order valence-corrected chi connectivity index (χ1v) is 6.66. The van der Waals surface area contributed by atoms with Gasteiger partial charge in [0.15, 0.2) is 5.11 Å². The first kappa shape index (κ1) is 14.9. The van der Waals surface area contributed by atoms with Gasteiger partial charge in [-0.05, 0) is 30.8 Å². The predicted octanol–water partition coefficient (Wildman–Crippen LogP) is 2.78. The number of nitro groups is 1. The van der Waals surface area contributed by atoms with Gasteiger partial charge in [0.05, 0.1) is 4.92 Å². The van der Waals surface area contributed by atoms with Crippen molar-refractivity contribution in [2.75, 3.05) is 5.32 Å². The van der Waals surface area contributed by atoms with Crippen molar-refractivity contribution in [2.45, 2.75) is 13.5 Å². The fourth-order valence-corrected chi connectivity index (χ4v) is 1.79. The Bertz CT molecular complexity index is 641. The number of pyridine rings is 1. The highest BCUT2D eigenvalue weighted by atomic mass is 32.1. The number of hydrogen-bond donors (Lipinski definition) is 2. The van der Waals surface area contributed by atoms with Crippen molar-refractivity contribution in [3.63, 3.8) is 0 Å². The van der Waals surface area contributed by atoms with Crippen molar-refractivity contribution in [1.82, 2.24) is 10.3 Å². The second kappa shape index (κ2) is 6.76. The number of aromatic nitrogens is 1. The van der Waals surface area contributed by atoms with Crippen LogP contribution in [0.1, 0.15) is 11.1 Å². The zero-order valence-electron chi connectivity index (χ0n) is 11.4. The first-order chi connectivity index (χ1) is 10.0. The van der Waals surface area contributed by atoms with Gasteiger partial charge in [-0.15, -0.1) is 0 Å². The van der Waals surface area contributed by atoms with Crippen LogP contribution in [0.25, 0.3) is 0 Å². The Morgan fingerprint density at radius 3 is 2.57 bits per heavy atom. The lowest BCUT2D eigenvalue weighted by Gasteiger charge is -2.09. The van der Waals surface area contributed by atoms with Gasteiger partial charge in [0.2, 0.25) is 0 Å². The largest absolute Gasteiger partial charge is 0.358 e. The first-order valence-electron chi connectivity index (χ1n) is 6.25. The standard InChI is InChI=1S/C14H14N4O2S/c1-10-2-4-11(5-3-10)8-16-14(21)17-13-7-6-12(9-15-13)18(19)20/h2-7,9H,8H2,1H3,(H2,15,16,17,21). The molecule has 0 radical (unpaired) electrons. The summed E-state index contributed by atoms with van der Waals surface area (Å²) in [6, 6.07) is 11.0. The van der Waals surface area contributed by atoms with Gasteiger partial charge in [0.1, 0.15) is 12.0 Å². The second-order valence-corrected chi connectivity index (χ2v) is 4.86. The average molecular weight is 302 g/mol. The van der Waals surface area contributed by atoms with Crippen LogP contribution in [0.15, 0.2) is 42.6 Å². The van der Waals surface area contributed by atoms with Crippen LogP contribution in [0, 0.1) is 17.0 Å². The van der Waals surface area contributed by atoms with E-state index in [1.54, 1.807) is 0 Å². The van der Waals surface area contributed by atoms with Crippen LogP contribution in [-0.2, 0) is 6.54 Å². The molecule has 108 valence electrons. The van der Waals surface area contributed by atoms with Crippen LogP contribution >= 0.6 is 12.2 Å². The van der Waals surface area contributed by atoms with Crippen molar-refractivity contribution >= 4 is 28.8 Å². The van der Waals surface area contributed by atoms with Gasteiger partial charge in [0, 0.05) is 12.6 Å². The molecular weight excluding hydrogens is 288 g/mol. The molecule has 0 aliphatic heterocycles. The number of aryl methyl sites for hydroxylation is 1. The van der Waals surface area contributed by atoms with E-state index in [4.69, 9.17) is 12.2 Å². The molecule has 2 rings (SSSR count). The number of anilines is 1. The summed E-state index contributed by atoms with van der Waals surface area (Å²) in [7, 11) is 0. The molecule has 0 aliphatic rings. The molecule has 0 fully saturated rings. The Morgan fingerprint density at radius 2 is 2.00 bits per heavy atom. The molecule has 0 unspecified atom stereocenters. The summed E-state index contributed by atoms with van der Waals surface area (Å²) in [6.07, 6.45) is 1.19. The van der Waals surface area contributed by atoms with E-state index in [0.717, 1.165) is 5.56 Å². The second-order valence-electron chi connectivity index (χ2n) is 4.45. The topological polar surface area (TPSA) is 80.1 Å². The zero-order valence-corrected chi connectivity index (χ0v) is 12.2. The molecule has 2 N–H and O–H groups in total. The molecule has 0 aliphatic carbocycles. The van der Waals surface area contributed by atoms with Crippen LogP contribution in [0.4, 0.5) is 11.5 Å². The minimum Gasteiger partial charge on any atom is -0.358 e. The Labute approximate surface area is 127 Å². The molecule has 1 heterocycles. The summed E-state index contributed by atoms with van der Waals surface area (Å²) in [5.41, 5.74) is 2.26. The molecule has 6 nitrogen and oxygen atoms in total. The van der Waals surface area contributed by atoms with Crippen molar-refractivity contribution < 1.29 is 4.92 Å². The van der Waals surface area contributed by atoms with E-state index in [2.05, 4.69) is 15.6 Å². The molecule has 7 heteroatoms. The maximum atomic E-state index is 10.5. The fourth-order valence-electron chi connectivity index (χ4n) is 1.62. The van der Waals surface area contributed by atoms with Crippen molar-refractivity contribution in [2.24, 2.45) is 0 Å². The lowest BCUT2D eigenvalue weighted by Crippen LogP contribution is -2.28. The van der Waals surface area contributed by atoms with Crippen LogP contribution in [0.3, 0.4) is 0 Å². The average Bonchev–Trinajstić information content (AvgIpc) is 2.47. The molecule has 2 aromatic rings. The van der Waals surface area contributed by atoms with E-state index in [1.807, 2.05) is 31.2 Å². The minimum atomic E-state index is -0.495. The number of rotatable bonds is 4. The lowest BCUT2D eigenvalue weighted by atomic mass is 10.1. The normalized spacial score (nSPS) is 9.95. The number of thiocarbonyl (C=S) groups is 1. The lowest BCUT2D eigenvalue weighted by molar-refractivity contribution is -0.385. The van der Waals surface area contributed by atoms with Gasteiger partial charge < -0.3 is 10.6 Å². The third-order valence-electron chi connectivity index (χ3n) is 2.77. The van der Waals surface area contributed by atoms with Gasteiger partial charge in [-0.3, -0.25) is 10.1 Å². The molecule has 1 aromatic carbocycles. The predicted molar refractivity (Wildman–Crippen MR) is 85.1 cm³/mol. The molecule has 21 heavy (non-hydrogen) atoms. The monoisotopic (exact) mass is 302 g/mol. The maximum absolute atomic E-state index is 10.5. The minimum absolute atomic E-state index is 0.0564. The molecule has 0 spiro atoms. The van der Waals surface area contributed by atoms with Gasteiger partial charge in [-0.1, -0.05) is 29.8 Å². The highest BCUT2D eigenvalue weighted by Crippen LogP contribution is 2.11. The molecule has 0 amide bonds. The van der Waals surface area contributed by atoms with Crippen molar-refractivity contribution in [1.29, 1.82) is 0 Å². The van der Waals surface area contributed by atoms with E-state index >= 15 is 0 Å². The van der Waals surface area contributed by atoms with Crippen molar-refractivity contribution in [3.05, 3.63) is 63.8 Å². The third-order valence-corrected chi connectivity index (χ3v) is 3.02. The van der Waals surface area contributed by atoms with Gasteiger partial charge in [-0.25, -0.2) is 4.98 Å². The Hall–Kier alpha value is -2.54. The Balaban J connectivity index is 1.86. The quantitative estimate of drug-likeness (QED) is 0.513. The molecule has 0 bridgehead atoms. The fraction of sp³-hybridized carbons (Fsp3) is 0.143. The third kappa shape index (κ3) is 4.50. The van der Waals surface area contributed by atoms with Crippen LogP contribution in [-0.4, -0.2) is 15.0 Å². The van der Waals surface area contributed by atoms with E-state index in [-0.39, 0.29) is 5.69 Å². The van der Waals surface area contributed by atoms with E-state index < -0.39 is 4.92 Å². The number of nitrogens with zero attached hydrogens (tertiary/aromatic N) is 2. The molecule has 0 atom stereocenters. The Kier molecular flexibility index (Phi) is 4.78. The van der Waals surface area contributed by atoms with Crippen LogP contribution in [0.2, 0.25) is 0 Å². The van der Waals surface area contributed by atoms with E-state index in [9.17, 15) is 10.1 Å². The summed E-state index contributed by atoms with van der Waals surface area (Å²) in [5, 5.41) is 16.9. The Morgan fingerprint density at radius 1 is 1.29 bits per heavy atom. The summed E-state index contributed by atoms with van der Waals surface area (Å²) < 4.78 is 0. The SMILES string of the molecule is Cc1ccc(CNC(=S)Nc2ccc([N+](=O)[O-])cn2)cc1. The number of benzene rings is 1. The molecular formula is C14H14N4O2S. The molecule has 0 saturated heterocycles. The number of hydrogen-bond acceptors (Lipinski definition) is 4. The smallest absolute Gasteiger partial charge is 0.287 e. The highest BCUT2D eigenvalue weighted by Gasteiger charge is 2.06. The zero-order chi connectivity index (χ0) is 15.2. The molecule has 0 saturated carbocycles. The van der Waals surface area contributed by atoms with Gasteiger partial charge in [0.25, 0.3) is 5.69 Å². The number of nitrogens with one attached hydrogen (secondary N) is 2. The molecule has 1 aromatic heterocycles. The summed E-state index contributed by atoms with van der Waals surface area (Å²) >= 11 is 5.15. The highest BCUT2D eigenvalue weighted by molar-refractivity contribution is 7.80.